The Morgan fingerprint density at radius 3 is 3.46 bits per heavy atom. The molecule has 0 saturated heterocycles. The molecule has 0 aromatic carbocycles. The summed E-state index contributed by atoms with van der Waals surface area (Å²) >= 11 is 0. The molecule has 0 atom stereocenters. The molecule has 0 saturated carbocycles. The average Bonchev–Trinajstić information content (AvgIpc) is 2.65. The highest BCUT2D eigenvalue weighted by molar-refractivity contribution is 5.65. The minimum Gasteiger partial charge on any atom is -0.462 e. The Labute approximate surface area is 74.8 Å². The van der Waals surface area contributed by atoms with Gasteiger partial charge in [0.05, 0.1) is 17.9 Å². The van der Waals surface area contributed by atoms with Crippen LogP contribution in [-0.4, -0.2) is 9.97 Å². The van der Waals surface area contributed by atoms with E-state index >= 15 is 0 Å². The Balaban J connectivity index is 2.42. The van der Waals surface area contributed by atoms with Crippen LogP contribution in [0.1, 0.15) is 6.42 Å². The third kappa shape index (κ3) is 0.869. The number of ether oxygens (including phenoxy) is 1. The van der Waals surface area contributed by atoms with Crippen LogP contribution in [0.15, 0.2) is 30.3 Å². The zero-order chi connectivity index (χ0) is 8.67. The number of nitrogens with zero attached hydrogens (tertiary/aromatic N) is 1. The summed E-state index contributed by atoms with van der Waals surface area (Å²) in [5, 5.41) is 1.98. The van der Waals surface area contributed by atoms with E-state index in [9.17, 15) is 0 Å². The third-order valence-corrected chi connectivity index (χ3v) is 2.26. The first-order valence-corrected chi connectivity index (χ1v) is 4.22. The van der Waals surface area contributed by atoms with Gasteiger partial charge in [0.1, 0.15) is 5.35 Å². The summed E-state index contributed by atoms with van der Waals surface area (Å²) in [5.74, 6) is 0.890. The highest BCUT2D eigenvalue weighted by Crippen LogP contribution is 2.21. The average molecular weight is 172 g/mol. The van der Waals surface area contributed by atoms with Gasteiger partial charge in [-0.05, 0) is 12.5 Å². The molecule has 0 unspecified atom stereocenters. The van der Waals surface area contributed by atoms with Crippen LogP contribution in [0.3, 0.4) is 0 Å². The largest absolute Gasteiger partial charge is 0.462 e. The summed E-state index contributed by atoms with van der Waals surface area (Å²) in [6, 6.07) is 0. The van der Waals surface area contributed by atoms with Gasteiger partial charge in [0.2, 0.25) is 0 Å². The van der Waals surface area contributed by atoms with Crippen LogP contribution in [0.4, 0.5) is 0 Å². The lowest BCUT2D eigenvalue weighted by molar-refractivity contribution is 0.423. The predicted molar refractivity (Wildman–Crippen MR) is 48.6 cm³/mol. The van der Waals surface area contributed by atoms with Crippen molar-refractivity contribution < 1.29 is 4.74 Å². The molecule has 1 aliphatic carbocycles. The number of imidazole rings is 1. The summed E-state index contributed by atoms with van der Waals surface area (Å²) in [6.07, 6.45) is 10.4. The molecule has 3 rings (SSSR count). The number of fused-ring (bicyclic) bond motifs is 2. The van der Waals surface area contributed by atoms with E-state index in [2.05, 4.69) is 22.1 Å². The number of rotatable bonds is 0. The fourth-order valence-electron chi connectivity index (χ4n) is 1.64. The number of hydrogen-bond acceptors (Lipinski definition) is 2. The van der Waals surface area contributed by atoms with Crippen molar-refractivity contribution in [2.24, 2.45) is 0 Å². The monoisotopic (exact) mass is 172 g/mol. The molecule has 0 fully saturated rings. The third-order valence-electron chi connectivity index (χ3n) is 2.26. The van der Waals surface area contributed by atoms with Gasteiger partial charge in [-0.15, -0.1) is 0 Å². The van der Waals surface area contributed by atoms with Crippen LogP contribution in [-0.2, 0) is 4.74 Å². The molecule has 1 aromatic heterocycles. The summed E-state index contributed by atoms with van der Waals surface area (Å²) < 4.78 is 5.43. The molecule has 1 aliphatic heterocycles. The van der Waals surface area contributed by atoms with Crippen LogP contribution in [0.5, 0.6) is 0 Å². The molecule has 0 bridgehead atoms. The molecule has 1 N–H and O–H groups in total. The SMILES string of the molecule is C1=COC2=c3nc[nH]c3=CCC2=C1. The van der Waals surface area contributed by atoms with E-state index in [1.807, 2.05) is 6.08 Å². The molecule has 64 valence electrons. The first-order valence-electron chi connectivity index (χ1n) is 4.22. The maximum absolute atomic E-state index is 5.43. The molecule has 0 spiro atoms. The highest BCUT2D eigenvalue weighted by atomic mass is 16.5. The lowest BCUT2D eigenvalue weighted by Crippen LogP contribution is -2.31. The summed E-state index contributed by atoms with van der Waals surface area (Å²) in [5.41, 5.74) is 1.20. The van der Waals surface area contributed by atoms with Crippen LogP contribution in [0.25, 0.3) is 11.8 Å². The number of H-pyrrole nitrogens is 1. The first-order chi connectivity index (χ1) is 6.45. The zero-order valence-electron chi connectivity index (χ0n) is 6.95. The van der Waals surface area contributed by atoms with Gasteiger partial charge >= 0.3 is 0 Å². The second-order valence-electron chi connectivity index (χ2n) is 3.04. The lowest BCUT2D eigenvalue weighted by atomic mass is 10.0. The number of aromatic nitrogens is 2. The molecule has 3 nitrogen and oxygen atoms in total. The fourth-order valence-corrected chi connectivity index (χ4v) is 1.64. The van der Waals surface area contributed by atoms with Crippen LogP contribution in [0.2, 0.25) is 0 Å². The Kier molecular flexibility index (Phi) is 1.22. The standard InChI is InChI=1S/C10H8N2O/c1-2-7-3-4-8-9(12-6-11-8)10(7)13-5-1/h1-2,4-6H,3H2,(H,11,12). The number of hydrogen-bond donors (Lipinski definition) is 1. The van der Waals surface area contributed by atoms with Crippen molar-refractivity contribution in [2.45, 2.75) is 6.42 Å². The van der Waals surface area contributed by atoms with E-state index in [1.165, 1.54) is 5.57 Å². The van der Waals surface area contributed by atoms with E-state index < -0.39 is 0 Å². The van der Waals surface area contributed by atoms with Crippen molar-refractivity contribution in [3.63, 3.8) is 0 Å². The van der Waals surface area contributed by atoms with E-state index in [-0.39, 0.29) is 0 Å². The minimum atomic E-state index is 0.890. The van der Waals surface area contributed by atoms with Gasteiger partial charge in [0.25, 0.3) is 0 Å². The zero-order valence-corrected chi connectivity index (χ0v) is 6.95. The molecule has 2 heterocycles. The lowest BCUT2D eigenvalue weighted by Gasteiger charge is -2.13. The summed E-state index contributed by atoms with van der Waals surface area (Å²) in [4.78, 5) is 7.29. The van der Waals surface area contributed by atoms with E-state index in [0.717, 1.165) is 22.9 Å². The van der Waals surface area contributed by atoms with Gasteiger partial charge < -0.3 is 9.72 Å². The highest BCUT2D eigenvalue weighted by Gasteiger charge is 2.14. The van der Waals surface area contributed by atoms with E-state index in [1.54, 1.807) is 12.6 Å². The Morgan fingerprint density at radius 1 is 1.46 bits per heavy atom. The Bertz CT molecular complexity index is 519. The van der Waals surface area contributed by atoms with Gasteiger partial charge in [-0.2, -0.15) is 0 Å². The molecule has 0 amide bonds. The molecule has 0 radical (unpaired) electrons. The second-order valence-corrected chi connectivity index (χ2v) is 3.04. The van der Waals surface area contributed by atoms with Gasteiger partial charge in [0, 0.05) is 5.57 Å². The van der Waals surface area contributed by atoms with Crippen LogP contribution in [0, 0.1) is 0 Å². The van der Waals surface area contributed by atoms with Crippen LogP contribution < -0.4 is 10.7 Å². The minimum absolute atomic E-state index is 0.890. The molecule has 13 heavy (non-hydrogen) atoms. The van der Waals surface area contributed by atoms with Crippen molar-refractivity contribution in [3.05, 3.63) is 41.0 Å². The van der Waals surface area contributed by atoms with E-state index in [4.69, 9.17) is 4.74 Å². The number of allylic oxidation sites excluding steroid dienone is 2. The molecule has 2 aliphatic rings. The van der Waals surface area contributed by atoms with Gasteiger partial charge in [-0.1, -0.05) is 12.2 Å². The van der Waals surface area contributed by atoms with Gasteiger partial charge in [-0.3, -0.25) is 0 Å². The van der Waals surface area contributed by atoms with Gasteiger partial charge in [-0.25, -0.2) is 4.98 Å². The normalized spacial score (nSPS) is 18.2. The maximum atomic E-state index is 5.43. The van der Waals surface area contributed by atoms with Crippen molar-refractivity contribution in [1.29, 1.82) is 0 Å². The van der Waals surface area contributed by atoms with Crippen LogP contribution >= 0.6 is 0 Å². The topological polar surface area (TPSA) is 37.9 Å². The van der Waals surface area contributed by atoms with Crippen molar-refractivity contribution in [1.82, 2.24) is 9.97 Å². The van der Waals surface area contributed by atoms with Crippen molar-refractivity contribution in [2.75, 3.05) is 0 Å². The number of nitrogens with one attached hydrogen (secondary N) is 1. The van der Waals surface area contributed by atoms with Gasteiger partial charge in [0.15, 0.2) is 5.76 Å². The van der Waals surface area contributed by atoms with Crippen molar-refractivity contribution in [3.8, 4) is 0 Å². The summed E-state index contributed by atoms with van der Waals surface area (Å²) in [6.45, 7) is 0. The molecule has 1 aromatic rings. The summed E-state index contributed by atoms with van der Waals surface area (Å²) in [7, 11) is 0. The molecular formula is C10H8N2O. The Hall–Kier alpha value is -1.77. The molecular weight excluding hydrogens is 164 g/mol. The van der Waals surface area contributed by atoms with Crippen molar-refractivity contribution >= 4 is 11.8 Å². The Morgan fingerprint density at radius 2 is 2.46 bits per heavy atom. The fraction of sp³-hybridized carbons (Fsp3) is 0.100. The van der Waals surface area contributed by atoms with E-state index in [0.29, 0.717) is 0 Å². The quantitative estimate of drug-likeness (QED) is 0.606. The smallest absolute Gasteiger partial charge is 0.157 e. The second kappa shape index (κ2) is 2.36. The molecule has 3 heteroatoms. The maximum Gasteiger partial charge on any atom is 0.157 e. The first kappa shape index (κ1) is 6.71. The number of aromatic amines is 1. The predicted octanol–water partition coefficient (Wildman–Crippen LogP) is 0.172.